The maximum absolute atomic E-state index is 14.4. The predicted octanol–water partition coefficient (Wildman–Crippen LogP) is 6.47. The highest BCUT2D eigenvalue weighted by atomic mass is 35.5. The SMILES string of the molecule is CC1(C)O[C@H]2[C@H](n3cnc4c(NC(C5CCCCC5)C5CCCCC5)nc(Cl)nc43)[C@H]3C[C@@]3(CF)[C@H]2O1. The molecule has 2 aromatic rings. The zero-order valence-corrected chi connectivity index (χ0v) is 22.7. The van der Waals surface area contributed by atoms with Crippen molar-refractivity contribution < 1.29 is 13.9 Å². The summed E-state index contributed by atoms with van der Waals surface area (Å²) in [5, 5.41) is 4.10. The van der Waals surface area contributed by atoms with E-state index in [1.54, 1.807) is 0 Å². The molecule has 2 aromatic heterocycles. The third kappa shape index (κ3) is 3.99. The van der Waals surface area contributed by atoms with Gasteiger partial charge in [0.05, 0.1) is 25.1 Å². The number of imidazole rings is 1. The van der Waals surface area contributed by atoms with Crippen LogP contribution in [0.2, 0.25) is 5.28 Å². The van der Waals surface area contributed by atoms with Gasteiger partial charge in [-0.3, -0.25) is 4.39 Å². The molecular weight excluding hydrogens is 493 g/mol. The smallest absolute Gasteiger partial charge is 0.226 e. The normalized spacial score (nSPS) is 35.7. The second kappa shape index (κ2) is 9.02. The molecule has 9 heteroatoms. The lowest BCUT2D eigenvalue weighted by Crippen LogP contribution is -2.39. The van der Waals surface area contributed by atoms with Crippen LogP contribution in [-0.2, 0) is 9.47 Å². The summed E-state index contributed by atoms with van der Waals surface area (Å²) in [5.74, 6) is 1.46. The molecule has 37 heavy (non-hydrogen) atoms. The van der Waals surface area contributed by atoms with Crippen molar-refractivity contribution in [2.75, 3.05) is 12.0 Å². The van der Waals surface area contributed by atoms with Gasteiger partial charge in [-0.2, -0.15) is 9.97 Å². The fourth-order valence-electron chi connectivity index (χ4n) is 8.41. The Balaban J connectivity index is 1.24. The third-order valence-corrected chi connectivity index (χ3v) is 10.4. The van der Waals surface area contributed by atoms with E-state index in [9.17, 15) is 4.39 Å². The Labute approximate surface area is 223 Å². The lowest BCUT2D eigenvalue weighted by Gasteiger charge is -2.38. The maximum atomic E-state index is 14.4. The van der Waals surface area contributed by atoms with Crippen LogP contribution >= 0.6 is 11.6 Å². The van der Waals surface area contributed by atoms with Crippen molar-refractivity contribution in [3.63, 3.8) is 0 Å². The van der Waals surface area contributed by atoms with Crippen molar-refractivity contribution in [3.05, 3.63) is 11.6 Å². The molecule has 5 fully saturated rings. The molecule has 0 spiro atoms. The van der Waals surface area contributed by atoms with Crippen LogP contribution in [0.15, 0.2) is 6.33 Å². The van der Waals surface area contributed by atoms with E-state index in [0.717, 1.165) is 17.8 Å². The monoisotopic (exact) mass is 531 g/mol. The number of fused-ring (bicyclic) bond motifs is 4. The zero-order valence-electron chi connectivity index (χ0n) is 22.0. The number of halogens is 2. The summed E-state index contributed by atoms with van der Waals surface area (Å²) in [6.45, 7) is 3.43. The number of nitrogens with zero attached hydrogens (tertiary/aromatic N) is 4. The zero-order chi connectivity index (χ0) is 25.4. The van der Waals surface area contributed by atoms with Crippen molar-refractivity contribution in [2.24, 2.45) is 23.2 Å². The number of rotatable bonds is 6. The van der Waals surface area contributed by atoms with Gasteiger partial charge in [0.15, 0.2) is 22.8 Å². The number of aromatic nitrogens is 4. The van der Waals surface area contributed by atoms with E-state index in [1.807, 2.05) is 20.2 Å². The molecule has 0 bridgehead atoms. The van der Waals surface area contributed by atoms with E-state index in [2.05, 4.69) is 19.9 Å². The first-order chi connectivity index (χ1) is 17.9. The molecule has 7 rings (SSSR count). The van der Waals surface area contributed by atoms with Crippen LogP contribution in [0.4, 0.5) is 10.2 Å². The molecule has 1 aliphatic heterocycles. The lowest BCUT2D eigenvalue weighted by atomic mass is 9.74. The van der Waals surface area contributed by atoms with Gasteiger partial charge in [-0.15, -0.1) is 0 Å². The quantitative estimate of drug-likeness (QED) is 0.430. The van der Waals surface area contributed by atoms with Gasteiger partial charge < -0.3 is 19.4 Å². The van der Waals surface area contributed by atoms with Gasteiger partial charge in [-0.25, -0.2) is 4.98 Å². The van der Waals surface area contributed by atoms with E-state index in [1.165, 1.54) is 64.2 Å². The van der Waals surface area contributed by atoms with Crippen molar-refractivity contribution in [2.45, 2.75) is 115 Å². The first-order valence-corrected chi connectivity index (χ1v) is 14.9. The Hall–Kier alpha value is -1.51. The molecule has 4 saturated carbocycles. The van der Waals surface area contributed by atoms with Crippen LogP contribution in [0.25, 0.3) is 11.2 Å². The second-order valence-corrected chi connectivity index (χ2v) is 13.2. The van der Waals surface area contributed by atoms with Crippen molar-refractivity contribution in [1.29, 1.82) is 0 Å². The van der Waals surface area contributed by atoms with Gasteiger partial charge in [0.2, 0.25) is 5.28 Å². The van der Waals surface area contributed by atoms with Gasteiger partial charge in [0, 0.05) is 11.5 Å². The number of anilines is 1. The minimum atomic E-state index is -0.730. The largest absolute Gasteiger partial charge is 0.365 e. The Kier molecular flexibility index (Phi) is 5.98. The fraction of sp³-hybridized carbons (Fsp3) is 0.821. The highest BCUT2D eigenvalue weighted by Crippen LogP contribution is 2.71. The van der Waals surface area contributed by atoms with Gasteiger partial charge in [-0.05, 0) is 75.3 Å². The average molecular weight is 532 g/mol. The fourth-order valence-corrected chi connectivity index (χ4v) is 8.57. The summed E-state index contributed by atoms with van der Waals surface area (Å²) in [5.41, 5.74) is 0.978. The molecule has 3 heterocycles. The van der Waals surface area contributed by atoms with E-state index in [0.29, 0.717) is 23.5 Å². The van der Waals surface area contributed by atoms with Crippen molar-refractivity contribution in [1.82, 2.24) is 19.5 Å². The Bertz CT molecular complexity index is 1140. The summed E-state index contributed by atoms with van der Waals surface area (Å²) in [4.78, 5) is 14.1. The third-order valence-electron chi connectivity index (χ3n) is 10.2. The summed E-state index contributed by atoms with van der Waals surface area (Å²) < 4.78 is 29.0. The van der Waals surface area contributed by atoms with Crippen LogP contribution < -0.4 is 5.32 Å². The minimum absolute atomic E-state index is 0.0844. The van der Waals surface area contributed by atoms with E-state index in [4.69, 9.17) is 26.1 Å². The molecular formula is C28H39ClFN5O2. The minimum Gasteiger partial charge on any atom is -0.365 e. The predicted molar refractivity (Wildman–Crippen MR) is 140 cm³/mol. The molecule has 1 saturated heterocycles. The van der Waals surface area contributed by atoms with Crippen LogP contribution in [0.1, 0.15) is 90.5 Å². The summed E-state index contributed by atoms with van der Waals surface area (Å²) in [7, 11) is 0. The molecule has 5 aliphatic rings. The maximum Gasteiger partial charge on any atom is 0.226 e. The molecule has 0 radical (unpaired) electrons. The van der Waals surface area contributed by atoms with Gasteiger partial charge in [-0.1, -0.05) is 38.5 Å². The first-order valence-electron chi connectivity index (χ1n) is 14.5. The number of nitrogens with one attached hydrogen (secondary N) is 1. The van der Waals surface area contributed by atoms with Crippen LogP contribution in [0, 0.1) is 23.2 Å². The molecule has 5 atom stereocenters. The van der Waals surface area contributed by atoms with Crippen LogP contribution in [-0.4, -0.2) is 50.2 Å². The molecule has 202 valence electrons. The van der Waals surface area contributed by atoms with Crippen LogP contribution in [0.5, 0.6) is 0 Å². The molecule has 0 aromatic carbocycles. The summed E-state index contributed by atoms with van der Waals surface area (Å²) in [6.07, 6.45) is 15.2. The average Bonchev–Trinajstić information content (AvgIpc) is 3.19. The highest BCUT2D eigenvalue weighted by Gasteiger charge is 2.76. The number of ether oxygens (including phenoxy) is 2. The highest BCUT2D eigenvalue weighted by molar-refractivity contribution is 6.28. The van der Waals surface area contributed by atoms with Crippen LogP contribution in [0.3, 0.4) is 0 Å². The van der Waals surface area contributed by atoms with Gasteiger partial charge >= 0.3 is 0 Å². The number of hydrogen-bond acceptors (Lipinski definition) is 6. The summed E-state index contributed by atoms with van der Waals surface area (Å²) >= 11 is 6.55. The molecule has 0 unspecified atom stereocenters. The summed E-state index contributed by atoms with van der Waals surface area (Å²) in [6, 6.07) is 0.296. The first kappa shape index (κ1) is 24.5. The van der Waals surface area contributed by atoms with E-state index in [-0.39, 0.29) is 29.5 Å². The van der Waals surface area contributed by atoms with E-state index >= 15 is 0 Å². The molecule has 4 aliphatic carbocycles. The Morgan fingerprint density at radius 3 is 2.38 bits per heavy atom. The number of alkyl halides is 1. The van der Waals surface area contributed by atoms with Crippen molar-refractivity contribution in [3.8, 4) is 0 Å². The Morgan fingerprint density at radius 1 is 1.05 bits per heavy atom. The van der Waals surface area contributed by atoms with Gasteiger partial charge in [0.25, 0.3) is 0 Å². The molecule has 0 amide bonds. The topological polar surface area (TPSA) is 74.1 Å². The lowest BCUT2D eigenvalue weighted by molar-refractivity contribution is -0.161. The van der Waals surface area contributed by atoms with Crippen molar-refractivity contribution >= 4 is 28.6 Å². The molecule has 1 N–H and O–H groups in total. The molecule has 7 nitrogen and oxygen atoms in total. The van der Waals surface area contributed by atoms with Gasteiger partial charge in [0.1, 0.15) is 6.10 Å². The Morgan fingerprint density at radius 2 is 1.73 bits per heavy atom. The number of hydrogen-bond donors (Lipinski definition) is 1. The second-order valence-electron chi connectivity index (χ2n) is 12.8. The van der Waals surface area contributed by atoms with E-state index < -0.39 is 17.9 Å². The standard InChI is InChI=1S/C28H39ClFN5O2/c1-27(2)36-22-21(18-13-28(18,14-30)23(22)37-27)35-15-31-20-24(33-26(29)34-25(20)35)32-19(16-9-5-3-6-10-16)17-11-7-4-8-12-17/h15-19,21-23H,3-14H2,1-2H3,(H,32,33,34)/t18-,21-,22+,23+,28+/m1/s1.